The van der Waals surface area contributed by atoms with Crippen LogP contribution in [0.15, 0.2) is 0 Å². The molecule has 6 nitrogen and oxygen atoms in total. The van der Waals surface area contributed by atoms with Crippen molar-refractivity contribution in [1.82, 2.24) is 4.90 Å². The van der Waals surface area contributed by atoms with Gasteiger partial charge in [-0.25, -0.2) is 4.79 Å². The fraction of sp³-hybridized carbons (Fsp3) is 0.958. The summed E-state index contributed by atoms with van der Waals surface area (Å²) in [6.45, 7) is 15.7. The highest BCUT2D eigenvalue weighted by Gasteiger charge is 2.68. The van der Waals surface area contributed by atoms with E-state index in [0.29, 0.717) is 38.3 Å². The third-order valence-corrected chi connectivity index (χ3v) is 8.61. The third-order valence-electron chi connectivity index (χ3n) is 7.62. The standard InChI is InChI=1S/C24H45NO5Si/c1-17-14-18-16-19(26)24(28)11-9-13-25(21(27)29-22(2,3)4)12-8-10-23(18,24)20(15-17)30-31(5,6)7/h17-20,26,28H,8-16H2,1-7H3/t17?,18-,19-,20?,23?,24-/m0/s1. The van der Waals surface area contributed by atoms with Crippen LogP contribution in [-0.4, -0.2) is 66.0 Å². The maximum Gasteiger partial charge on any atom is 0.410 e. The number of carbonyl (C=O) groups excluding carboxylic acids is 1. The summed E-state index contributed by atoms with van der Waals surface area (Å²) >= 11 is 0. The van der Waals surface area contributed by atoms with Gasteiger partial charge in [0.1, 0.15) is 5.60 Å². The van der Waals surface area contributed by atoms with E-state index in [0.717, 1.165) is 25.7 Å². The molecule has 7 heteroatoms. The lowest BCUT2D eigenvalue weighted by molar-refractivity contribution is -0.192. The van der Waals surface area contributed by atoms with Crippen LogP contribution in [0, 0.1) is 17.3 Å². The van der Waals surface area contributed by atoms with Crippen molar-refractivity contribution in [2.45, 2.75) is 116 Å². The highest BCUT2D eigenvalue weighted by Crippen LogP contribution is 2.63. The molecule has 6 atom stereocenters. The Kier molecular flexibility index (Phi) is 6.95. The lowest BCUT2D eigenvalue weighted by Gasteiger charge is -2.56. The van der Waals surface area contributed by atoms with Crippen LogP contribution in [0.25, 0.3) is 0 Å². The number of carbonyl (C=O) groups is 1. The summed E-state index contributed by atoms with van der Waals surface area (Å²) in [5, 5.41) is 23.3. The highest BCUT2D eigenvalue weighted by molar-refractivity contribution is 6.69. The molecule has 1 spiro atoms. The molecule has 3 fully saturated rings. The minimum atomic E-state index is -1.85. The predicted molar refractivity (Wildman–Crippen MR) is 124 cm³/mol. The Labute approximate surface area is 189 Å². The first-order chi connectivity index (χ1) is 14.2. The predicted octanol–water partition coefficient (Wildman–Crippen LogP) is 4.55. The molecule has 0 aromatic rings. The monoisotopic (exact) mass is 455 g/mol. The second kappa shape index (κ2) is 8.62. The zero-order valence-corrected chi connectivity index (χ0v) is 21.7. The quantitative estimate of drug-likeness (QED) is 0.597. The average Bonchev–Trinajstić information content (AvgIpc) is 2.82. The van der Waals surface area contributed by atoms with Crippen molar-refractivity contribution in [3.63, 3.8) is 0 Å². The number of nitrogens with zero attached hydrogens (tertiary/aromatic N) is 1. The number of ether oxygens (including phenoxy) is 1. The molecule has 31 heavy (non-hydrogen) atoms. The number of amides is 1. The van der Waals surface area contributed by atoms with E-state index in [1.165, 1.54) is 0 Å². The Morgan fingerprint density at radius 2 is 1.68 bits per heavy atom. The summed E-state index contributed by atoms with van der Waals surface area (Å²) in [6.07, 6.45) is 4.26. The van der Waals surface area contributed by atoms with Gasteiger partial charge in [0.05, 0.1) is 17.8 Å². The second-order valence-corrected chi connectivity index (χ2v) is 16.8. The molecule has 180 valence electrons. The Balaban J connectivity index is 1.91. The van der Waals surface area contributed by atoms with Crippen LogP contribution in [0.3, 0.4) is 0 Å². The van der Waals surface area contributed by atoms with Crippen LogP contribution >= 0.6 is 0 Å². The Hall–Kier alpha value is -0.633. The SMILES string of the molecule is CC1CC(O[Si](C)(C)C)C23CCCN(C(=O)OC(C)(C)C)CCC[C@]2(O)[C@@H](O)C[C@@H]3C1. The van der Waals surface area contributed by atoms with Crippen LogP contribution in [-0.2, 0) is 9.16 Å². The first kappa shape index (κ1) is 25.0. The molecule has 1 amide bonds. The molecule has 2 N–H and O–H groups in total. The van der Waals surface area contributed by atoms with E-state index in [1.54, 1.807) is 4.90 Å². The van der Waals surface area contributed by atoms with E-state index in [2.05, 4.69) is 26.6 Å². The normalized spacial score (nSPS) is 39.7. The zero-order valence-electron chi connectivity index (χ0n) is 20.7. The minimum absolute atomic E-state index is 0.0388. The Morgan fingerprint density at radius 1 is 1.06 bits per heavy atom. The Bertz CT molecular complexity index is 659. The van der Waals surface area contributed by atoms with Crippen molar-refractivity contribution in [2.75, 3.05) is 13.1 Å². The van der Waals surface area contributed by atoms with Gasteiger partial charge in [-0.15, -0.1) is 0 Å². The molecule has 0 bridgehead atoms. The summed E-state index contributed by atoms with van der Waals surface area (Å²) in [6, 6.07) is 0. The van der Waals surface area contributed by atoms with E-state index in [-0.39, 0.29) is 18.1 Å². The molecule has 3 unspecified atom stereocenters. The summed E-state index contributed by atoms with van der Waals surface area (Å²) in [4.78, 5) is 14.5. The van der Waals surface area contributed by atoms with Gasteiger partial charge in [0, 0.05) is 18.5 Å². The van der Waals surface area contributed by atoms with Crippen LogP contribution in [0.4, 0.5) is 4.79 Å². The number of hydrogen-bond acceptors (Lipinski definition) is 5. The summed E-state index contributed by atoms with van der Waals surface area (Å²) in [7, 11) is -1.85. The van der Waals surface area contributed by atoms with Gasteiger partial charge in [-0.2, -0.15) is 0 Å². The van der Waals surface area contributed by atoms with Gasteiger partial charge < -0.3 is 24.3 Å². The fourth-order valence-electron chi connectivity index (χ4n) is 6.63. The smallest absolute Gasteiger partial charge is 0.410 e. The number of aliphatic hydroxyl groups excluding tert-OH is 1. The largest absolute Gasteiger partial charge is 0.444 e. The van der Waals surface area contributed by atoms with Crippen LogP contribution in [0.5, 0.6) is 0 Å². The number of aliphatic hydroxyl groups is 2. The first-order valence-corrected chi connectivity index (χ1v) is 15.6. The summed E-state index contributed by atoms with van der Waals surface area (Å²) in [5.74, 6) is 0.781. The molecule has 2 aliphatic carbocycles. The highest BCUT2D eigenvalue weighted by atomic mass is 28.4. The number of hydrogen-bond donors (Lipinski definition) is 2. The lowest BCUT2D eigenvalue weighted by Crippen LogP contribution is -2.62. The van der Waals surface area contributed by atoms with E-state index in [9.17, 15) is 15.0 Å². The molecule has 0 aromatic carbocycles. The Morgan fingerprint density at radius 3 is 2.26 bits per heavy atom. The van der Waals surface area contributed by atoms with Crippen LogP contribution in [0.2, 0.25) is 19.6 Å². The molecule has 1 heterocycles. The van der Waals surface area contributed by atoms with Crippen molar-refractivity contribution in [3.8, 4) is 0 Å². The van der Waals surface area contributed by atoms with Crippen LogP contribution < -0.4 is 0 Å². The van der Waals surface area contributed by atoms with E-state index >= 15 is 0 Å². The van der Waals surface area contributed by atoms with Gasteiger partial charge in [-0.3, -0.25) is 0 Å². The van der Waals surface area contributed by atoms with Crippen LogP contribution in [0.1, 0.15) is 72.6 Å². The molecule has 0 aromatic heterocycles. The van der Waals surface area contributed by atoms with Gasteiger partial charge in [-0.05, 0) is 97.2 Å². The fourth-order valence-corrected chi connectivity index (χ4v) is 7.79. The molecule has 3 aliphatic rings. The lowest BCUT2D eigenvalue weighted by atomic mass is 9.55. The number of rotatable bonds is 2. The van der Waals surface area contributed by atoms with Crippen molar-refractivity contribution < 1.29 is 24.2 Å². The maximum absolute atomic E-state index is 12.7. The summed E-state index contributed by atoms with van der Waals surface area (Å²) in [5.41, 5.74) is -2.13. The molecule has 1 saturated heterocycles. The molecular weight excluding hydrogens is 410 g/mol. The average molecular weight is 456 g/mol. The molecular formula is C24H45NO5Si. The second-order valence-electron chi connectivity index (χ2n) is 12.4. The van der Waals surface area contributed by atoms with Crippen molar-refractivity contribution >= 4 is 14.4 Å². The van der Waals surface area contributed by atoms with E-state index in [1.807, 2.05) is 20.8 Å². The third kappa shape index (κ3) is 4.99. The molecule has 2 saturated carbocycles. The van der Waals surface area contributed by atoms with E-state index < -0.39 is 31.0 Å². The van der Waals surface area contributed by atoms with Gasteiger partial charge in [0.2, 0.25) is 0 Å². The van der Waals surface area contributed by atoms with E-state index in [4.69, 9.17) is 9.16 Å². The molecule has 3 rings (SSSR count). The molecule has 1 aliphatic heterocycles. The van der Waals surface area contributed by atoms with Crippen molar-refractivity contribution in [1.29, 1.82) is 0 Å². The molecule has 0 radical (unpaired) electrons. The van der Waals surface area contributed by atoms with Crippen molar-refractivity contribution in [3.05, 3.63) is 0 Å². The van der Waals surface area contributed by atoms with Gasteiger partial charge in [0.25, 0.3) is 0 Å². The maximum atomic E-state index is 12.7. The van der Waals surface area contributed by atoms with Gasteiger partial charge in [0.15, 0.2) is 8.32 Å². The summed E-state index contributed by atoms with van der Waals surface area (Å²) < 4.78 is 12.4. The van der Waals surface area contributed by atoms with Crippen molar-refractivity contribution in [2.24, 2.45) is 17.3 Å². The first-order valence-electron chi connectivity index (χ1n) is 12.2. The van der Waals surface area contributed by atoms with Gasteiger partial charge >= 0.3 is 6.09 Å². The topological polar surface area (TPSA) is 79.2 Å². The minimum Gasteiger partial charge on any atom is -0.444 e. The zero-order chi connectivity index (χ0) is 23.2. The van der Waals surface area contributed by atoms with Gasteiger partial charge in [-0.1, -0.05) is 6.92 Å².